The van der Waals surface area contributed by atoms with Crippen molar-refractivity contribution in [2.24, 2.45) is 5.92 Å². The van der Waals surface area contributed by atoms with Crippen LogP contribution in [-0.2, 0) is 9.47 Å². The zero-order valence-electron chi connectivity index (χ0n) is 13.3. The van der Waals surface area contributed by atoms with Crippen LogP contribution in [0.15, 0.2) is 18.3 Å². The molecule has 0 spiro atoms. The van der Waals surface area contributed by atoms with Crippen LogP contribution in [0, 0.1) is 5.92 Å². The van der Waals surface area contributed by atoms with Crippen molar-refractivity contribution < 1.29 is 19.0 Å². The number of nitrogens with one attached hydrogen (secondary N) is 1. The van der Waals surface area contributed by atoms with Gasteiger partial charge >= 0.3 is 0 Å². The summed E-state index contributed by atoms with van der Waals surface area (Å²) in [4.78, 5) is 16.4. The molecule has 6 heteroatoms. The van der Waals surface area contributed by atoms with Gasteiger partial charge in [0.2, 0.25) is 5.88 Å². The van der Waals surface area contributed by atoms with Crippen LogP contribution in [0.25, 0.3) is 0 Å². The minimum Gasteiger partial charge on any atom is -0.474 e. The number of rotatable bonds is 5. The van der Waals surface area contributed by atoms with Crippen molar-refractivity contribution in [3.63, 3.8) is 0 Å². The molecular formula is C17H24N2O4. The lowest BCUT2D eigenvalue weighted by Crippen LogP contribution is -2.32. The highest BCUT2D eigenvalue weighted by atomic mass is 16.5. The molecule has 0 atom stereocenters. The molecule has 0 saturated carbocycles. The average Bonchev–Trinajstić information content (AvgIpc) is 2.62. The maximum absolute atomic E-state index is 12.1. The van der Waals surface area contributed by atoms with Crippen LogP contribution in [0.5, 0.6) is 5.88 Å². The predicted molar refractivity (Wildman–Crippen MR) is 84.6 cm³/mol. The maximum atomic E-state index is 12.1. The zero-order valence-corrected chi connectivity index (χ0v) is 13.3. The van der Waals surface area contributed by atoms with Crippen molar-refractivity contribution in [2.45, 2.75) is 31.8 Å². The molecular weight excluding hydrogens is 296 g/mol. The van der Waals surface area contributed by atoms with Gasteiger partial charge in [-0.1, -0.05) is 0 Å². The molecule has 6 nitrogen and oxygen atoms in total. The number of carbonyl (C=O) groups excluding carboxylic acids is 1. The summed E-state index contributed by atoms with van der Waals surface area (Å²) in [5.41, 5.74) is 0.566. The van der Waals surface area contributed by atoms with E-state index in [1.165, 1.54) is 0 Å². The minimum absolute atomic E-state index is 0.0818. The normalized spacial score (nSPS) is 20.2. The molecule has 3 heterocycles. The Balaban J connectivity index is 1.46. The van der Waals surface area contributed by atoms with Gasteiger partial charge in [-0.15, -0.1) is 0 Å². The number of hydrogen-bond acceptors (Lipinski definition) is 5. The van der Waals surface area contributed by atoms with Crippen molar-refractivity contribution in [3.8, 4) is 5.88 Å². The third-order valence-corrected chi connectivity index (χ3v) is 4.35. The molecule has 1 aromatic rings. The van der Waals surface area contributed by atoms with Crippen molar-refractivity contribution in [1.29, 1.82) is 0 Å². The Morgan fingerprint density at radius 1 is 1.13 bits per heavy atom. The molecule has 126 valence electrons. The molecule has 2 saturated heterocycles. The highest BCUT2D eigenvalue weighted by Gasteiger charge is 2.17. The number of hydrogen-bond donors (Lipinski definition) is 1. The summed E-state index contributed by atoms with van der Waals surface area (Å²) < 4.78 is 16.4. The first-order valence-electron chi connectivity index (χ1n) is 8.37. The molecule has 2 aliphatic rings. The van der Waals surface area contributed by atoms with Crippen LogP contribution in [-0.4, -0.2) is 50.0 Å². The summed E-state index contributed by atoms with van der Waals surface area (Å²) in [6.45, 7) is 3.75. The van der Waals surface area contributed by atoms with E-state index < -0.39 is 0 Å². The second-order valence-corrected chi connectivity index (χ2v) is 6.08. The monoisotopic (exact) mass is 320 g/mol. The van der Waals surface area contributed by atoms with E-state index in [0.29, 0.717) is 23.9 Å². The van der Waals surface area contributed by atoms with Crippen LogP contribution < -0.4 is 10.1 Å². The van der Waals surface area contributed by atoms with Crippen molar-refractivity contribution in [1.82, 2.24) is 10.3 Å². The Morgan fingerprint density at radius 2 is 1.83 bits per heavy atom. The summed E-state index contributed by atoms with van der Waals surface area (Å²) in [5, 5.41) is 2.98. The van der Waals surface area contributed by atoms with Gasteiger partial charge in [0, 0.05) is 44.9 Å². The van der Waals surface area contributed by atoms with Crippen molar-refractivity contribution in [2.75, 3.05) is 33.0 Å². The Bertz CT molecular complexity index is 494. The summed E-state index contributed by atoms with van der Waals surface area (Å²) in [6, 6.07) is 3.53. The van der Waals surface area contributed by atoms with Gasteiger partial charge in [0.05, 0.1) is 18.8 Å². The molecule has 2 aliphatic heterocycles. The smallest absolute Gasteiger partial charge is 0.252 e. The van der Waals surface area contributed by atoms with Gasteiger partial charge < -0.3 is 19.5 Å². The van der Waals surface area contributed by atoms with Gasteiger partial charge in [-0.2, -0.15) is 0 Å². The SMILES string of the molecule is O=C(NCC1CCOCC1)c1ccc(OC2CCOCC2)nc1. The summed E-state index contributed by atoms with van der Waals surface area (Å²) in [5.74, 6) is 0.997. The largest absolute Gasteiger partial charge is 0.474 e. The predicted octanol–water partition coefficient (Wildman–Crippen LogP) is 1.80. The molecule has 0 bridgehead atoms. The quantitative estimate of drug-likeness (QED) is 0.896. The molecule has 1 amide bonds. The van der Waals surface area contributed by atoms with Gasteiger partial charge in [-0.25, -0.2) is 4.98 Å². The van der Waals surface area contributed by atoms with E-state index in [2.05, 4.69) is 10.3 Å². The second-order valence-electron chi connectivity index (χ2n) is 6.08. The van der Waals surface area contributed by atoms with Crippen molar-refractivity contribution >= 4 is 5.91 Å². The molecule has 1 aromatic heterocycles. The lowest BCUT2D eigenvalue weighted by Gasteiger charge is -2.23. The number of pyridine rings is 1. The van der Waals surface area contributed by atoms with Gasteiger partial charge in [0.25, 0.3) is 5.91 Å². The average molecular weight is 320 g/mol. The Labute approximate surface area is 136 Å². The van der Waals surface area contributed by atoms with Crippen LogP contribution in [0.3, 0.4) is 0 Å². The fraction of sp³-hybridized carbons (Fsp3) is 0.647. The molecule has 0 unspecified atom stereocenters. The fourth-order valence-electron chi connectivity index (χ4n) is 2.84. The van der Waals surface area contributed by atoms with E-state index in [0.717, 1.165) is 52.1 Å². The van der Waals surface area contributed by atoms with Gasteiger partial charge in [-0.05, 0) is 24.8 Å². The van der Waals surface area contributed by atoms with Gasteiger partial charge in [0.1, 0.15) is 6.10 Å². The lowest BCUT2D eigenvalue weighted by molar-refractivity contribution is 0.0237. The molecule has 0 aromatic carbocycles. The number of ether oxygens (including phenoxy) is 3. The first kappa shape index (κ1) is 16.2. The minimum atomic E-state index is -0.0818. The second kappa shape index (κ2) is 8.26. The zero-order chi connectivity index (χ0) is 15.9. The molecule has 2 fully saturated rings. The van der Waals surface area contributed by atoms with E-state index in [1.807, 2.05) is 0 Å². The number of carbonyl (C=O) groups is 1. The summed E-state index contributed by atoms with van der Waals surface area (Å²) in [6.07, 6.45) is 5.52. The summed E-state index contributed by atoms with van der Waals surface area (Å²) >= 11 is 0. The molecule has 0 radical (unpaired) electrons. The fourth-order valence-corrected chi connectivity index (χ4v) is 2.84. The van der Waals surface area contributed by atoms with Crippen LogP contribution in [0.4, 0.5) is 0 Å². The first-order valence-corrected chi connectivity index (χ1v) is 8.37. The van der Waals surface area contributed by atoms with Crippen molar-refractivity contribution in [3.05, 3.63) is 23.9 Å². The third kappa shape index (κ3) is 4.91. The standard InChI is InChI=1S/C17H24N2O4/c20-17(19-11-13-3-7-21-8-4-13)14-1-2-16(18-12-14)23-15-5-9-22-10-6-15/h1-2,12-13,15H,3-11H2,(H,19,20). The molecule has 1 N–H and O–H groups in total. The van der Waals surface area contributed by atoms with E-state index in [4.69, 9.17) is 14.2 Å². The highest BCUT2D eigenvalue weighted by molar-refractivity contribution is 5.93. The number of aromatic nitrogens is 1. The van der Waals surface area contributed by atoms with E-state index in [-0.39, 0.29) is 12.0 Å². The Morgan fingerprint density at radius 3 is 2.48 bits per heavy atom. The lowest BCUT2D eigenvalue weighted by atomic mass is 10.0. The Kier molecular flexibility index (Phi) is 5.82. The van der Waals surface area contributed by atoms with Gasteiger partial charge in [-0.3, -0.25) is 4.79 Å². The van der Waals surface area contributed by atoms with E-state index in [9.17, 15) is 4.79 Å². The molecule has 3 rings (SSSR count). The maximum Gasteiger partial charge on any atom is 0.252 e. The topological polar surface area (TPSA) is 69.7 Å². The first-order chi connectivity index (χ1) is 11.3. The van der Waals surface area contributed by atoms with E-state index in [1.54, 1.807) is 18.3 Å². The van der Waals surface area contributed by atoms with Crippen LogP contribution >= 0.6 is 0 Å². The molecule has 0 aliphatic carbocycles. The number of amides is 1. The van der Waals surface area contributed by atoms with Crippen LogP contribution in [0.2, 0.25) is 0 Å². The summed E-state index contributed by atoms with van der Waals surface area (Å²) in [7, 11) is 0. The van der Waals surface area contributed by atoms with Crippen LogP contribution in [0.1, 0.15) is 36.0 Å². The van der Waals surface area contributed by atoms with E-state index >= 15 is 0 Å². The third-order valence-electron chi connectivity index (χ3n) is 4.35. The highest BCUT2D eigenvalue weighted by Crippen LogP contribution is 2.16. The molecule has 23 heavy (non-hydrogen) atoms. The van der Waals surface area contributed by atoms with Gasteiger partial charge in [0.15, 0.2) is 0 Å². The Hall–Kier alpha value is -1.66. The number of nitrogens with zero attached hydrogens (tertiary/aromatic N) is 1.